The Kier molecular flexibility index (Phi) is 20.0. The van der Waals surface area contributed by atoms with Gasteiger partial charge in [0.2, 0.25) is 5.91 Å². The summed E-state index contributed by atoms with van der Waals surface area (Å²) in [6, 6.07) is 0. The zero-order valence-electron chi connectivity index (χ0n) is 24.0. The normalized spacial score (nSPS) is 13.7. The maximum Gasteiger partial charge on any atom is 0.388 e. The molecular weight excluding hydrogens is 436 g/mol. The van der Waals surface area contributed by atoms with Crippen molar-refractivity contribution < 1.29 is 19.2 Å². The SMILES string of the molecule is CCCCCCCC/C=C\CCCCCCCCCCCC(=O)NC(CCC)(C(=O)O)[N+](C)(C)C. The van der Waals surface area contributed by atoms with Gasteiger partial charge < -0.3 is 5.11 Å². The fourth-order valence-corrected chi connectivity index (χ4v) is 4.73. The van der Waals surface area contributed by atoms with Crippen LogP contribution >= 0.6 is 0 Å². The third-order valence-electron chi connectivity index (χ3n) is 7.12. The van der Waals surface area contributed by atoms with E-state index in [9.17, 15) is 14.7 Å². The number of hydrogen-bond donors (Lipinski definition) is 2. The van der Waals surface area contributed by atoms with E-state index in [1.54, 1.807) is 0 Å². The van der Waals surface area contributed by atoms with Crippen molar-refractivity contribution in [2.45, 2.75) is 148 Å². The lowest BCUT2D eigenvalue weighted by atomic mass is 9.99. The van der Waals surface area contributed by atoms with Crippen molar-refractivity contribution in [1.82, 2.24) is 5.32 Å². The van der Waals surface area contributed by atoms with Crippen molar-refractivity contribution in [1.29, 1.82) is 0 Å². The van der Waals surface area contributed by atoms with Gasteiger partial charge in [-0.05, 0) is 38.5 Å². The Labute approximate surface area is 217 Å². The van der Waals surface area contributed by atoms with Gasteiger partial charge in [-0.15, -0.1) is 0 Å². The molecule has 5 heteroatoms. The smallest absolute Gasteiger partial charge is 0.388 e. The van der Waals surface area contributed by atoms with Crippen LogP contribution in [0.5, 0.6) is 0 Å². The quantitative estimate of drug-likeness (QED) is 0.0617. The zero-order valence-corrected chi connectivity index (χ0v) is 24.0. The fourth-order valence-electron chi connectivity index (χ4n) is 4.73. The Bertz CT molecular complexity index is 568. The largest absolute Gasteiger partial charge is 0.475 e. The van der Waals surface area contributed by atoms with Crippen molar-refractivity contribution in [3.05, 3.63) is 12.2 Å². The van der Waals surface area contributed by atoms with Crippen LogP contribution in [0.25, 0.3) is 0 Å². The maximum absolute atomic E-state index is 12.5. The summed E-state index contributed by atoms with van der Waals surface area (Å²) >= 11 is 0. The minimum absolute atomic E-state index is 0.144. The molecule has 0 fully saturated rings. The average Bonchev–Trinajstić information content (AvgIpc) is 2.79. The Morgan fingerprint density at radius 2 is 1.11 bits per heavy atom. The summed E-state index contributed by atoms with van der Waals surface area (Å²) in [5.41, 5.74) is -1.25. The Hall–Kier alpha value is -1.36. The van der Waals surface area contributed by atoms with Crippen LogP contribution in [0, 0.1) is 0 Å². The highest BCUT2D eigenvalue weighted by atomic mass is 16.4. The summed E-state index contributed by atoms with van der Waals surface area (Å²) in [7, 11) is 5.49. The number of nitrogens with one attached hydrogen (secondary N) is 1. The van der Waals surface area contributed by atoms with Crippen molar-refractivity contribution in [2.75, 3.05) is 21.1 Å². The first kappa shape index (κ1) is 33.6. The van der Waals surface area contributed by atoms with Crippen LogP contribution < -0.4 is 5.32 Å². The van der Waals surface area contributed by atoms with Gasteiger partial charge in [-0.2, -0.15) is 0 Å². The van der Waals surface area contributed by atoms with Crippen LogP contribution in [-0.4, -0.2) is 48.3 Å². The summed E-state index contributed by atoms with van der Waals surface area (Å²) in [4.78, 5) is 24.5. The molecule has 0 aliphatic rings. The van der Waals surface area contributed by atoms with Gasteiger partial charge in [-0.25, -0.2) is 4.79 Å². The highest BCUT2D eigenvalue weighted by molar-refractivity contribution is 5.85. The summed E-state index contributed by atoms with van der Waals surface area (Å²) in [6.45, 7) is 4.22. The Morgan fingerprint density at radius 3 is 1.51 bits per heavy atom. The molecule has 0 aromatic carbocycles. The number of amides is 1. The van der Waals surface area contributed by atoms with E-state index < -0.39 is 11.6 Å². The molecule has 0 heterocycles. The molecule has 1 unspecified atom stereocenters. The fraction of sp³-hybridized carbons (Fsp3) is 0.867. The van der Waals surface area contributed by atoms with E-state index >= 15 is 0 Å². The van der Waals surface area contributed by atoms with Crippen molar-refractivity contribution in [2.24, 2.45) is 0 Å². The lowest BCUT2D eigenvalue weighted by Gasteiger charge is -2.43. The molecule has 206 valence electrons. The third-order valence-corrected chi connectivity index (χ3v) is 7.12. The van der Waals surface area contributed by atoms with Gasteiger partial charge in [-0.3, -0.25) is 14.6 Å². The van der Waals surface area contributed by atoms with E-state index in [-0.39, 0.29) is 10.4 Å². The number of unbranched alkanes of at least 4 members (excludes halogenated alkanes) is 15. The number of carbonyl (C=O) groups excluding carboxylic acids is 1. The second-order valence-electron chi connectivity index (χ2n) is 11.2. The lowest BCUT2D eigenvalue weighted by molar-refractivity contribution is -0.917. The number of likely N-dealkylation sites (N-methyl/N-ethyl adjacent to an activating group) is 1. The molecule has 0 radical (unpaired) electrons. The molecular formula is C30H59N2O3+. The van der Waals surface area contributed by atoms with Gasteiger partial charge in [-0.1, -0.05) is 103 Å². The molecule has 5 nitrogen and oxygen atoms in total. The summed E-state index contributed by atoms with van der Waals surface area (Å²) in [6.07, 6.45) is 27.9. The van der Waals surface area contributed by atoms with Gasteiger partial charge in [0.05, 0.1) is 21.1 Å². The molecule has 0 aliphatic carbocycles. The topological polar surface area (TPSA) is 66.4 Å². The minimum atomic E-state index is -1.25. The average molecular weight is 496 g/mol. The first-order valence-electron chi connectivity index (χ1n) is 14.7. The van der Waals surface area contributed by atoms with Gasteiger partial charge in [0.15, 0.2) is 0 Å². The molecule has 1 atom stereocenters. The highest BCUT2D eigenvalue weighted by Crippen LogP contribution is 2.23. The predicted molar refractivity (Wildman–Crippen MR) is 149 cm³/mol. The van der Waals surface area contributed by atoms with E-state index in [0.29, 0.717) is 19.3 Å². The molecule has 0 bridgehead atoms. The summed E-state index contributed by atoms with van der Waals surface area (Å²) < 4.78 is 0.178. The molecule has 0 spiro atoms. The number of hydrogen-bond acceptors (Lipinski definition) is 2. The predicted octanol–water partition coefficient (Wildman–Crippen LogP) is 7.99. The molecule has 0 saturated heterocycles. The molecule has 1 amide bonds. The molecule has 35 heavy (non-hydrogen) atoms. The van der Waals surface area contributed by atoms with Crippen LogP contribution in [0.1, 0.15) is 142 Å². The van der Waals surface area contributed by atoms with Crippen molar-refractivity contribution in [3.8, 4) is 0 Å². The van der Waals surface area contributed by atoms with Gasteiger partial charge in [0.1, 0.15) is 0 Å². The standard InChI is InChI=1S/C30H58N2O3/c1-6-8-9-10-11-12-13-14-15-16-17-18-19-20-21-22-23-24-25-26-28(33)31-30(27-7-2,29(34)35)32(3,4)5/h14-15H,6-13,16-27H2,1-5H3,(H-,31,33,34,35)/p+1/b15-14-. The first-order valence-corrected chi connectivity index (χ1v) is 14.7. The molecule has 0 saturated carbocycles. The van der Waals surface area contributed by atoms with Gasteiger partial charge >= 0.3 is 5.97 Å². The number of quaternary nitrogens is 1. The van der Waals surface area contributed by atoms with Crippen molar-refractivity contribution in [3.63, 3.8) is 0 Å². The van der Waals surface area contributed by atoms with E-state index in [1.807, 2.05) is 28.1 Å². The van der Waals surface area contributed by atoms with E-state index in [4.69, 9.17) is 0 Å². The van der Waals surface area contributed by atoms with Crippen LogP contribution in [0.15, 0.2) is 12.2 Å². The summed E-state index contributed by atoms with van der Waals surface area (Å²) in [5.74, 6) is -1.10. The molecule has 0 aliphatic heterocycles. The Morgan fingerprint density at radius 1 is 0.686 bits per heavy atom. The van der Waals surface area contributed by atoms with Crippen molar-refractivity contribution >= 4 is 11.9 Å². The maximum atomic E-state index is 12.5. The number of rotatable bonds is 24. The number of carbonyl (C=O) groups is 2. The minimum Gasteiger partial charge on any atom is -0.475 e. The van der Waals surface area contributed by atoms with E-state index in [1.165, 1.54) is 89.9 Å². The van der Waals surface area contributed by atoms with Crippen LogP contribution in [0.4, 0.5) is 0 Å². The number of allylic oxidation sites excluding steroid dienone is 2. The molecule has 0 aromatic rings. The van der Waals surface area contributed by atoms with E-state index in [2.05, 4.69) is 24.4 Å². The molecule has 0 rings (SSSR count). The number of carboxylic acid groups (broad SMARTS) is 1. The second-order valence-corrected chi connectivity index (χ2v) is 11.2. The lowest BCUT2D eigenvalue weighted by Crippen LogP contribution is -2.71. The summed E-state index contributed by atoms with van der Waals surface area (Å²) in [5, 5.41) is 12.7. The number of nitrogens with zero attached hydrogens (tertiary/aromatic N) is 1. The van der Waals surface area contributed by atoms with Crippen LogP contribution in [0.2, 0.25) is 0 Å². The first-order chi connectivity index (χ1) is 16.7. The number of aliphatic carboxylic acids is 1. The molecule has 2 N–H and O–H groups in total. The van der Waals surface area contributed by atoms with Gasteiger partial charge in [0, 0.05) is 12.8 Å². The number of carboxylic acids is 1. The van der Waals surface area contributed by atoms with Gasteiger partial charge in [0.25, 0.3) is 5.66 Å². The third kappa shape index (κ3) is 16.1. The monoisotopic (exact) mass is 495 g/mol. The van der Waals surface area contributed by atoms with Crippen LogP contribution in [0.3, 0.4) is 0 Å². The Balaban J connectivity index is 3.71. The molecule has 0 aromatic heterocycles. The second kappa shape index (κ2) is 20.8. The van der Waals surface area contributed by atoms with E-state index in [0.717, 1.165) is 19.3 Å². The zero-order chi connectivity index (χ0) is 26.4. The van der Waals surface area contributed by atoms with Crippen LogP contribution in [-0.2, 0) is 9.59 Å². The highest BCUT2D eigenvalue weighted by Gasteiger charge is 2.51.